The summed E-state index contributed by atoms with van der Waals surface area (Å²) in [6, 6.07) is 0. The summed E-state index contributed by atoms with van der Waals surface area (Å²) in [4.78, 5) is 0. The Labute approximate surface area is 127 Å². The Hall–Kier alpha value is -0.385. The van der Waals surface area contributed by atoms with E-state index in [0.29, 0.717) is 0 Å². The zero-order valence-corrected chi connectivity index (χ0v) is 13.7. The van der Waals surface area contributed by atoms with E-state index < -0.39 is 18.3 Å². The molecule has 1 atom stereocenters. The Morgan fingerprint density at radius 2 is 1.76 bits per heavy atom. The van der Waals surface area contributed by atoms with Crippen LogP contribution in [-0.4, -0.2) is 31.4 Å². The van der Waals surface area contributed by atoms with Gasteiger partial charge < -0.3 is 14.6 Å². The molecule has 0 aromatic carbocycles. The second-order valence-electron chi connectivity index (χ2n) is 7.83. The Morgan fingerprint density at radius 1 is 1.10 bits per heavy atom. The third kappa shape index (κ3) is 2.47. The van der Waals surface area contributed by atoms with Crippen molar-refractivity contribution in [1.29, 1.82) is 0 Å². The van der Waals surface area contributed by atoms with Crippen molar-refractivity contribution in [3.8, 4) is 0 Å². The number of rotatable bonds is 1. The predicted molar refractivity (Wildman–Crippen MR) is 82.6 cm³/mol. The van der Waals surface area contributed by atoms with Crippen LogP contribution in [0.5, 0.6) is 0 Å². The van der Waals surface area contributed by atoms with E-state index in [1.807, 2.05) is 27.7 Å². The highest BCUT2D eigenvalue weighted by molar-refractivity contribution is 6.53. The summed E-state index contributed by atoms with van der Waals surface area (Å²) in [6.07, 6.45) is 5.24. The van der Waals surface area contributed by atoms with Crippen LogP contribution >= 0.6 is 0 Å². The quantitative estimate of drug-likeness (QED) is 0.752. The van der Waals surface area contributed by atoms with Crippen LogP contribution in [0.15, 0.2) is 11.3 Å². The van der Waals surface area contributed by atoms with Crippen LogP contribution in [0.2, 0.25) is 0 Å². The molecule has 1 aliphatic carbocycles. The highest BCUT2D eigenvalue weighted by Gasteiger charge is 2.55. The van der Waals surface area contributed by atoms with Gasteiger partial charge >= 0.3 is 7.12 Å². The van der Waals surface area contributed by atoms with Gasteiger partial charge in [-0.2, -0.15) is 0 Å². The highest BCUT2D eigenvalue weighted by Crippen LogP contribution is 2.49. The van der Waals surface area contributed by atoms with Gasteiger partial charge in [0.25, 0.3) is 0 Å². The summed E-state index contributed by atoms with van der Waals surface area (Å²) in [6.45, 7) is 9.77. The Balaban J connectivity index is 1.90. The van der Waals surface area contributed by atoms with Crippen LogP contribution in [0.25, 0.3) is 0 Å². The molecule has 21 heavy (non-hydrogen) atoms. The third-order valence-corrected chi connectivity index (χ3v) is 5.96. The maximum Gasteiger partial charge on any atom is 0.525 e. The molecule has 2 saturated heterocycles. The Bertz CT molecular complexity index is 439. The summed E-state index contributed by atoms with van der Waals surface area (Å²) >= 11 is 0. The van der Waals surface area contributed by atoms with Gasteiger partial charge in [-0.15, -0.1) is 0 Å². The van der Waals surface area contributed by atoms with Gasteiger partial charge in [0.15, 0.2) is 0 Å². The van der Waals surface area contributed by atoms with Crippen LogP contribution < -0.4 is 5.32 Å². The maximum absolute atomic E-state index is 15.2. The second kappa shape index (κ2) is 5.07. The molecule has 0 bridgehead atoms. The first-order chi connectivity index (χ1) is 9.78. The second-order valence-corrected chi connectivity index (χ2v) is 7.83. The van der Waals surface area contributed by atoms with E-state index in [4.69, 9.17) is 9.31 Å². The standard InChI is InChI=1S/C16H27BFNO2/c1-14(2)15(3,4)21-17(20-14)13(18)12-7-5-6-8-16(12)9-10-19-11-16/h19H,5-11H2,1-4H3. The summed E-state index contributed by atoms with van der Waals surface area (Å²) < 4.78 is 27.0. The smallest absolute Gasteiger partial charge is 0.398 e. The molecule has 2 heterocycles. The fraction of sp³-hybridized carbons (Fsp3) is 0.875. The summed E-state index contributed by atoms with van der Waals surface area (Å²) in [5.74, 6) is 0. The van der Waals surface area contributed by atoms with Gasteiger partial charge in [-0.25, -0.2) is 4.39 Å². The van der Waals surface area contributed by atoms with E-state index in [-0.39, 0.29) is 11.1 Å². The van der Waals surface area contributed by atoms with Crippen molar-refractivity contribution in [2.24, 2.45) is 5.41 Å². The fourth-order valence-corrected chi connectivity index (χ4v) is 3.86. The molecule has 1 spiro atoms. The molecule has 3 rings (SSSR count). The van der Waals surface area contributed by atoms with Crippen LogP contribution in [0.1, 0.15) is 59.8 Å². The van der Waals surface area contributed by atoms with Crippen molar-refractivity contribution in [1.82, 2.24) is 5.32 Å². The molecule has 3 fully saturated rings. The number of hydrogen-bond acceptors (Lipinski definition) is 3. The molecule has 1 unspecified atom stereocenters. The van der Waals surface area contributed by atoms with E-state index in [1.165, 1.54) is 6.42 Å². The molecule has 3 nitrogen and oxygen atoms in total. The molecule has 1 saturated carbocycles. The minimum atomic E-state index is -0.833. The zero-order valence-electron chi connectivity index (χ0n) is 13.7. The van der Waals surface area contributed by atoms with Gasteiger partial charge in [-0.1, -0.05) is 6.42 Å². The lowest BCUT2D eigenvalue weighted by Gasteiger charge is -2.36. The molecule has 3 aliphatic rings. The molecular formula is C16H27BFNO2. The topological polar surface area (TPSA) is 30.5 Å². The lowest BCUT2D eigenvalue weighted by molar-refractivity contribution is 0.00578. The minimum Gasteiger partial charge on any atom is -0.398 e. The average molecular weight is 295 g/mol. The van der Waals surface area contributed by atoms with E-state index in [9.17, 15) is 0 Å². The van der Waals surface area contributed by atoms with Gasteiger partial charge in [0, 0.05) is 12.0 Å². The average Bonchev–Trinajstić information content (AvgIpc) is 2.93. The fourth-order valence-electron chi connectivity index (χ4n) is 3.86. The molecule has 1 N–H and O–H groups in total. The van der Waals surface area contributed by atoms with Gasteiger partial charge in [-0.3, -0.25) is 0 Å². The van der Waals surface area contributed by atoms with Crippen molar-refractivity contribution in [3.63, 3.8) is 0 Å². The molecule has 0 aromatic rings. The van der Waals surface area contributed by atoms with Gasteiger partial charge in [-0.05, 0) is 65.5 Å². The molecule has 2 aliphatic heterocycles. The largest absolute Gasteiger partial charge is 0.525 e. The zero-order chi connectivity index (χ0) is 15.3. The van der Waals surface area contributed by atoms with Crippen molar-refractivity contribution >= 4 is 7.12 Å². The van der Waals surface area contributed by atoms with Crippen molar-refractivity contribution in [3.05, 3.63) is 11.3 Å². The van der Waals surface area contributed by atoms with E-state index in [0.717, 1.165) is 44.3 Å². The molecule has 118 valence electrons. The first-order valence-corrected chi connectivity index (χ1v) is 8.23. The molecular weight excluding hydrogens is 268 g/mol. The molecule has 0 aromatic heterocycles. The lowest BCUT2D eigenvalue weighted by Crippen LogP contribution is -2.41. The van der Waals surface area contributed by atoms with E-state index in [2.05, 4.69) is 5.32 Å². The highest BCUT2D eigenvalue weighted by atomic mass is 19.1. The number of hydrogen-bond donors (Lipinski definition) is 1. The molecule has 0 amide bonds. The minimum absolute atomic E-state index is 0.00588. The Kier molecular flexibility index (Phi) is 3.74. The first kappa shape index (κ1) is 15.5. The van der Waals surface area contributed by atoms with Crippen molar-refractivity contribution in [2.75, 3.05) is 13.1 Å². The SMILES string of the molecule is CC1(C)OB(C(F)=C2CCCCC23CCNC3)OC1(C)C. The lowest BCUT2D eigenvalue weighted by atomic mass is 9.65. The van der Waals surface area contributed by atoms with Crippen LogP contribution in [0.4, 0.5) is 4.39 Å². The van der Waals surface area contributed by atoms with Gasteiger partial charge in [0.2, 0.25) is 0 Å². The summed E-state index contributed by atoms with van der Waals surface area (Å²) in [5, 5.41) is 3.41. The first-order valence-electron chi connectivity index (χ1n) is 8.23. The van der Waals surface area contributed by atoms with Crippen molar-refractivity contribution in [2.45, 2.75) is 71.0 Å². The van der Waals surface area contributed by atoms with E-state index >= 15 is 4.39 Å². The maximum atomic E-state index is 15.2. The monoisotopic (exact) mass is 295 g/mol. The number of nitrogens with one attached hydrogen (secondary N) is 1. The van der Waals surface area contributed by atoms with E-state index in [1.54, 1.807) is 0 Å². The number of halogens is 1. The summed E-state index contributed by atoms with van der Waals surface area (Å²) in [7, 11) is -0.833. The van der Waals surface area contributed by atoms with Crippen LogP contribution in [0, 0.1) is 5.41 Å². The predicted octanol–water partition coefficient (Wildman–Crippen LogP) is 3.40. The van der Waals surface area contributed by atoms with Crippen LogP contribution in [-0.2, 0) is 9.31 Å². The molecule has 0 radical (unpaired) electrons. The molecule has 5 heteroatoms. The summed E-state index contributed by atoms with van der Waals surface area (Å²) in [5.41, 5.74) is -0.156. The van der Waals surface area contributed by atoms with Gasteiger partial charge in [0.05, 0.1) is 11.2 Å². The van der Waals surface area contributed by atoms with Crippen molar-refractivity contribution < 1.29 is 13.7 Å². The van der Waals surface area contributed by atoms with Gasteiger partial charge in [0.1, 0.15) is 5.73 Å². The normalized spacial score (nSPS) is 37.3. The Morgan fingerprint density at radius 3 is 2.33 bits per heavy atom. The third-order valence-electron chi connectivity index (χ3n) is 5.96. The van der Waals surface area contributed by atoms with Crippen LogP contribution in [0.3, 0.4) is 0 Å².